The number of Topliss-reactive ketones (excluding diaryl/α,β-unsaturated/α-hetero) is 1. The molecule has 0 saturated heterocycles. The van der Waals surface area contributed by atoms with Crippen molar-refractivity contribution in [1.29, 1.82) is 0 Å². The van der Waals surface area contributed by atoms with Gasteiger partial charge in [-0.25, -0.2) is 0 Å². The largest absolute Gasteiger partial charge is 0.417 e. The summed E-state index contributed by atoms with van der Waals surface area (Å²) in [7, 11) is 0. The molecule has 1 aromatic carbocycles. The Hall–Kier alpha value is -0.360. The van der Waals surface area contributed by atoms with E-state index in [9.17, 15) is 18.0 Å². The maximum absolute atomic E-state index is 13.0. The number of hydrogen-bond acceptors (Lipinski definition) is 1. The molecule has 94 valence electrons. The normalized spacial score (nSPS) is 13.5. The fraction of sp³-hybridized carbons (Fsp3) is 0.364. The van der Waals surface area contributed by atoms with E-state index in [4.69, 9.17) is 0 Å². The lowest BCUT2D eigenvalue weighted by Gasteiger charge is -2.18. The van der Waals surface area contributed by atoms with Gasteiger partial charge < -0.3 is 0 Å². The van der Waals surface area contributed by atoms with E-state index in [2.05, 4.69) is 31.9 Å². The van der Waals surface area contributed by atoms with E-state index in [0.29, 0.717) is 0 Å². The van der Waals surface area contributed by atoms with E-state index in [-0.39, 0.29) is 22.2 Å². The molecular weight excluding hydrogens is 365 g/mol. The first kappa shape index (κ1) is 14.7. The Kier molecular flexibility index (Phi) is 4.77. The van der Waals surface area contributed by atoms with Crippen molar-refractivity contribution in [3.05, 3.63) is 34.9 Å². The summed E-state index contributed by atoms with van der Waals surface area (Å²) >= 11 is 6.01. The third-order valence-corrected chi connectivity index (χ3v) is 3.98. The van der Waals surface area contributed by atoms with E-state index in [1.54, 1.807) is 0 Å². The van der Waals surface area contributed by atoms with Gasteiger partial charge in [-0.3, -0.25) is 4.79 Å². The SMILES string of the molecule is CC(=O)C(Br)c1cccc(CBr)c1C(F)(F)F. The Morgan fingerprint density at radius 1 is 1.41 bits per heavy atom. The molecule has 0 radical (unpaired) electrons. The molecule has 0 amide bonds. The molecule has 17 heavy (non-hydrogen) atoms. The van der Waals surface area contributed by atoms with E-state index >= 15 is 0 Å². The van der Waals surface area contributed by atoms with Gasteiger partial charge in [-0.05, 0) is 18.1 Å². The van der Waals surface area contributed by atoms with E-state index in [1.807, 2.05) is 0 Å². The molecule has 0 saturated carbocycles. The summed E-state index contributed by atoms with van der Waals surface area (Å²) in [5.74, 6) is -0.359. The molecule has 1 nitrogen and oxygen atoms in total. The van der Waals surface area contributed by atoms with Crippen LogP contribution in [0.5, 0.6) is 0 Å². The number of hydrogen-bond donors (Lipinski definition) is 0. The summed E-state index contributed by atoms with van der Waals surface area (Å²) < 4.78 is 38.9. The van der Waals surface area contributed by atoms with Crippen molar-refractivity contribution < 1.29 is 18.0 Å². The zero-order chi connectivity index (χ0) is 13.2. The van der Waals surface area contributed by atoms with Crippen LogP contribution < -0.4 is 0 Å². The van der Waals surface area contributed by atoms with Gasteiger partial charge >= 0.3 is 6.18 Å². The van der Waals surface area contributed by atoms with Crippen molar-refractivity contribution in [2.45, 2.75) is 23.3 Å². The molecule has 0 aromatic heterocycles. The number of alkyl halides is 5. The first-order valence-electron chi connectivity index (χ1n) is 4.68. The van der Waals surface area contributed by atoms with Gasteiger partial charge in [0.05, 0.1) is 10.4 Å². The van der Waals surface area contributed by atoms with Crippen LogP contribution in [0.15, 0.2) is 18.2 Å². The molecule has 0 aliphatic rings. The zero-order valence-electron chi connectivity index (χ0n) is 8.81. The Morgan fingerprint density at radius 3 is 2.41 bits per heavy atom. The van der Waals surface area contributed by atoms with Crippen LogP contribution in [0.1, 0.15) is 28.4 Å². The van der Waals surface area contributed by atoms with Crippen LogP contribution in [0.25, 0.3) is 0 Å². The molecule has 0 bridgehead atoms. The molecule has 0 aliphatic heterocycles. The lowest BCUT2D eigenvalue weighted by atomic mass is 9.98. The molecule has 6 heteroatoms. The maximum Gasteiger partial charge on any atom is 0.417 e. The van der Waals surface area contributed by atoms with Crippen LogP contribution in [-0.4, -0.2) is 5.78 Å². The molecule has 1 atom stereocenters. The highest BCUT2D eigenvalue weighted by Gasteiger charge is 2.37. The van der Waals surface area contributed by atoms with Crippen LogP contribution in [0.2, 0.25) is 0 Å². The lowest BCUT2D eigenvalue weighted by Crippen LogP contribution is -2.15. The van der Waals surface area contributed by atoms with Gasteiger partial charge in [0, 0.05) is 5.33 Å². The highest BCUT2D eigenvalue weighted by Crippen LogP contribution is 2.40. The molecule has 1 aromatic rings. The van der Waals surface area contributed by atoms with Crippen molar-refractivity contribution in [2.24, 2.45) is 0 Å². The summed E-state index contributed by atoms with van der Waals surface area (Å²) in [4.78, 5) is 10.3. The van der Waals surface area contributed by atoms with Crippen LogP contribution in [0.3, 0.4) is 0 Å². The summed E-state index contributed by atoms with van der Waals surface area (Å²) in [5.41, 5.74) is -0.656. The first-order valence-corrected chi connectivity index (χ1v) is 6.72. The van der Waals surface area contributed by atoms with Crippen LogP contribution in [-0.2, 0) is 16.3 Å². The number of benzene rings is 1. The highest BCUT2D eigenvalue weighted by atomic mass is 79.9. The number of rotatable bonds is 3. The fourth-order valence-electron chi connectivity index (χ4n) is 1.51. The van der Waals surface area contributed by atoms with Crippen LogP contribution in [0.4, 0.5) is 13.2 Å². The van der Waals surface area contributed by atoms with Gasteiger partial charge in [-0.2, -0.15) is 13.2 Å². The topological polar surface area (TPSA) is 17.1 Å². The van der Waals surface area contributed by atoms with Crippen LogP contribution in [0, 0.1) is 0 Å². The molecule has 1 unspecified atom stereocenters. The number of ketones is 1. The molecule has 0 N–H and O–H groups in total. The van der Waals surface area contributed by atoms with Gasteiger partial charge in [0.15, 0.2) is 0 Å². The number of carbonyl (C=O) groups excluding carboxylic acids is 1. The average molecular weight is 374 g/mol. The van der Waals surface area contributed by atoms with E-state index in [1.165, 1.54) is 25.1 Å². The highest BCUT2D eigenvalue weighted by molar-refractivity contribution is 9.09. The Bertz CT molecular complexity index is 429. The number of halogens is 5. The van der Waals surface area contributed by atoms with Gasteiger partial charge in [0.25, 0.3) is 0 Å². The Morgan fingerprint density at radius 2 is 2.00 bits per heavy atom. The minimum atomic E-state index is -4.47. The second-order valence-corrected chi connectivity index (χ2v) is 4.96. The standard InChI is InChI=1S/C11H9Br2F3O/c1-6(17)10(13)8-4-2-3-7(5-12)9(8)11(14,15)16/h2-4,10H,5H2,1H3. The molecular formula is C11H9Br2F3O. The quantitative estimate of drug-likeness (QED) is 0.706. The molecule has 0 spiro atoms. The van der Waals surface area contributed by atoms with Crippen molar-refractivity contribution in [1.82, 2.24) is 0 Å². The van der Waals surface area contributed by atoms with Gasteiger partial charge in [-0.1, -0.05) is 50.1 Å². The van der Waals surface area contributed by atoms with E-state index in [0.717, 1.165) is 0 Å². The summed E-state index contributed by atoms with van der Waals surface area (Å²) in [5, 5.41) is 0.0906. The minimum absolute atomic E-state index is 0.0399. The Balaban J connectivity index is 3.45. The predicted molar refractivity (Wildman–Crippen MR) is 66.4 cm³/mol. The smallest absolute Gasteiger partial charge is 0.298 e. The van der Waals surface area contributed by atoms with Crippen molar-refractivity contribution in [2.75, 3.05) is 0 Å². The molecule has 0 heterocycles. The average Bonchev–Trinajstić information content (AvgIpc) is 2.25. The Labute approximate surface area is 114 Å². The van der Waals surface area contributed by atoms with Crippen LogP contribution >= 0.6 is 31.9 Å². The molecule has 0 fully saturated rings. The molecule has 1 rings (SSSR count). The first-order chi connectivity index (χ1) is 7.79. The van der Waals surface area contributed by atoms with E-state index < -0.39 is 16.6 Å². The van der Waals surface area contributed by atoms with Gasteiger partial charge in [0.1, 0.15) is 5.78 Å². The third kappa shape index (κ3) is 3.31. The van der Waals surface area contributed by atoms with Crippen molar-refractivity contribution in [3.63, 3.8) is 0 Å². The number of carbonyl (C=O) groups is 1. The second kappa shape index (κ2) is 5.52. The van der Waals surface area contributed by atoms with Gasteiger partial charge in [0.2, 0.25) is 0 Å². The minimum Gasteiger partial charge on any atom is -0.298 e. The summed E-state index contributed by atoms with van der Waals surface area (Å²) in [6, 6.07) is 4.22. The zero-order valence-corrected chi connectivity index (χ0v) is 12.0. The summed E-state index contributed by atoms with van der Waals surface area (Å²) in [6.07, 6.45) is -4.47. The second-order valence-electron chi connectivity index (χ2n) is 3.49. The monoisotopic (exact) mass is 372 g/mol. The maximum atomic E-state index is 13.0. The fourth-order valence-corrected chi connectivity index (χ4v) is 2.36. The van der Waals surface area contributed by atoms with Crippen molar-refractivity contribution in [3.8, 4) is 0 Å². The van der Waals surface area contributed by atoms with Gasteiger partial charge in [-0.15, -0.1) is 0 Å². The molecule has 0 aliphatic carbocycles. The predicted octanol–water partition coefficient (Wildman–Crippen LogP) is 4.63. The lowest BCUT2D eigenvalue weighted by molar-refractivity contribution is -0.138. The van der Waals surface area contributed by atoms with Crippen molar-refractivity contribution >= 4 is 37.6 Å². The third-order valence-electron chi connectivity index (χ3n) is 2.24. The summed E-state index contributed by atoms with van der Waals surface area (Å²) in [6.45, 7) is 1.25.